The summed E-state index contributed by atoms with van der Waals surface area (Å²) in [7, 11) is 0. The van der Waals surface area contributed by atoms with Crippen molar-refractivity contribution in [2.24, 2.45) is 16.5 Å². The second kappa shape index (κ2) is 13.3. The molecule has 0 rings (SSSR count). The van der Waals surface area contributed by atoms with Crippen LogP contribution in [0.4, 0.5) is 0 Å². The first-order valence-corrected chi connectivity index (χ1v) is 6.74. The summed E-state index contributed by atoms with van der Waals surface area (Å²) in [5, 5.41) is 6.82. The van der Waals surface area contributed by atoms with Crippen LogP contribution in [0, 0.1) is 0 Å². The van der Waals surface area contributed by atoms with E-state index in [1.807, 2.05) is 0 Å². The lowest BCUT2D eigenvalue weighted by atomic mass is 10.3. The Hall–Kier alpha value is -0.810. The minimum atomic E-state index is 0.183. The van der Waals surface area contributed by atoms with Crippen molar-refractivity contribution in [1.82, 2.24) is 10.6 Å². The van der Waals surface area contributed by atoms with E-state index in [0.717, 1.165) is 32.6 Å². The fraction of sp³-hybridized carbons (Fsp3) is 0.917. The van der Waals surface area contributed by atoms with Crippen LogP contribution in [-0.4, -0.2) is 38.7 Å². The topological polar surface area (TPSA) is 88.5 Å². The SMILES string of the molecule is CCCCNCCCCNCCCN=C(N)N. The van der Waals surface area contributed by atoms with Crippen LogP contribution in [0.15, 0.2) is 4.99 Å². The van der Waals surface area contributed by atoms with Crippen molar-refractivity contribution in [3.8, 4) is 0 Å². The maximum absolute atomic E-state index is 5.22. The van der Waals surface area contributed by atoms with Gasteiger partial charge in [0.05, 0.1) is 0 Å². The lowest BCUT2D eigenvalue weighted by Gasteiger charge is -2.05. The van der Waals surface area contributed by atoms with Crippen molar-refractivity contribution >= 4 is 5.96 Å². The number of rotatable bonds is 12. The molecule has 0 bridgehead atoms. The zero-order valence-corrected chi connectivity index (χ0v) is 11.2. The molecule has 102 valence electrons. The third-order valence-electron chi connectivity index (χ3n) is 2.47. The van der Waals surface area contributed by atoms with Gasteiger partial charge in [-0.25, -0.2) is 0 Å². The molecule has 5 nitrogen and oxygen atoms in total. The van der Waals surface area contributed by atoms with Crippen LogP contribution in [0.2, 0.25) is 0 Å². The molecule has 0 aliphatic rings. The van der Waals surface area contributed by atoms with Crippen LogP contribution < -0.4 is 22.1 Å². The normalized spacial score (nSPS) is 10.4. The molecule has 0 saturated heterocycles. The quantitative estimate of drug-likeness (QED) is 0.227. The third kappa shape index (κ3) is 15.2. The molecule has 17 heavy (non-hydrogen) atoms. The Bertz CT molecular complexity index is 178. The highest BCUT2D eigenvalue weighted by atomic mass is 15.0. The van der Waals surface area contributed by atoms with Gasteiger partial charge >= 0.3 is 0 Å². The molecule has 0 aliphatic carbocycles. The van der Waals surface area contributed by atoms with Gasteiger partial charge in [0, 0.05) is 6.54 Å². The van der Waals surface area contributed by atoms with Gasteiger partial charge in [0.15, 0.2) is 5.96 Å². The number of unbranched alkanes of at least 4 members (excludes halogenated alkanes) is 2. The molecule has 6 N–H and O–H groups in total. The van der Waals surface area contributed by atoms with E-state index in [2.05, 4.69) is 22.5 Å². The molecule has 0 aliphatic heterocycles. The maximum Gasteiger partial charge on any atom is 0.185 e. The van der Waals surface area contributed by atoms with Crippen molar-refractivity contribution in [2.45, 2.75) is 39.0 Å². The van der Waals surface area contributed by atoms with E-state index in [0.29, 0.717) is 6.54 Å². The molecular weight excluding hydrogens is 214 g/mol. The fourth-order valence-corrected chi connectivity index (χ4v) is 1.46. The Balaban J connectivity index is 2.96. The minimum Gasteiger partial charge on any atom is -0.370 e. The molecule has 0 unspecified atom stereocenters. The number of guanidine groups is 1. The zero-order chi connectivity index (χ0) is 12.8. The summed E-state index contributed by atoms with van der Waals surface area (Å²) in [6.45, 7) is 7.29. The largest absolute Gasteiger partial charge is 0.370 e. The van der Waals surface area contributed by atoms with Gasteiger partial charge in [-0.3, -0.25) is 4.99 Å². The van der Waals surface area contributed by atoms with Crippen LogP contribution in [-0.2, 0) is 0 Å². The maximum atomic E-state index is 5.22. The first kappa shape index (κ1) is 16.2. The van der Waals surface area contributed by atoms with E-state index in [-0.39, 0.29) is 5.96 Å². The summed E-state index contributed by atoms with van der Waals surface area (Å²) in [4.78, 5) is 3.92. The third-order valence-corrected chi connectivity index (χ3v) is 2.47. The number of nitrogens with two attached hydrogens (primary N) is 2. The van der Waals surface area contributed by atoms with Gasteiger partial charge in [-0.1, -0.05) is 13.3 Å². The van der Waals surface area contributed by atoms with Crippen LogP contribution in [0.3, 0.4) is 0 Å². The molecule has 0 aromatic rings. The second-order valence-corrected chi connectivity index (χ2v) is 4.22. The van der Waals surface area contributed by atoms with Gasteiger partial charge in [0.25, 0.3) is 0 Å². The van der Waals surface area contributed by atoms with Crippen molar-refractivity contribution < 1.29 is 0 Å². The van der Waals surface area contributed by atoms with Crippen LogP contribution in [0.5, 0.6) is 0 Å². The van der Waals surface area contributed by atoms with Gasteiger partial charge < -0.3 is 22.1 Å². The highest BCUT2D eigenvalue weighted by Gasteiger charge is 1.90. The van der Waals surface area contributed by atoms with E-state index in [4.69, 9.17) is 11.5 Å². The first-order valence-electron chi connectivity index (χ1n) is 6.74. The van der Waals surface area contributed by atoms with Crippen molar-refractivity contribution in [1.29, 1.82) is 0 Å². The Morgan fingerprint density at radius 3 is 1.94 bits per heavy atom. The molecule has 0 radical (unpaired) electrons. The van der Waals surface area contributed by atoms with Crippen LogP contribution >= 0.6 is 0 Å². The summed E-state index contributed by atoms with van der Waals surface area (Å²) >= 11 is 0. The number of nitrogens with zero attached hydrogens (tertiary/aromatic N) is 1. The van der Waals surface area contributed by atoms with Crippen LogP contribution in [0.1, 0.15) is 39.0 Å². The Labute approximate surface area is 105 Å². The lowest BCUT2D eigenvalue weighted by molar-refractivity contribution is 0.567. The van der Waals surface area contributed by atoms with Gasteiger partial charge in [0.1, 0.15) is 0 Å². The van der Waals surface area contributed by atoms with E-state index in [1.54, 1.807) is 0 Å². The highest BCUT2D eigenvalue weighted by molar-refractivity contribution is 5.75. The average Bonchev–Trinajstić information content (AvgIpc) is 2.30. The lowest BCUT2D eigenvalue weighted by Crippen LogP contribution is -2.24. The summed E-state index contributed by atoms with van der Waals surface area (Å²) < 4.78 is 0. The van der Waals surface area contributed by atoms with Gasteiger partial charge in [0.2, 0.25) is 0 Å². The molecule has 0 atom stereocenters. The smallest absolute Gasteiger partial charge is 0.185 e. The van der Waals surface area contributed by atoms with Crippen molar-refractivity contribution in [2.75, 3.05) is 32.7 Å². The summed E-state index contributed by atoms with van der Waals surface area (Å²) in [6, 6.07) is 0. The molecule has 0 saturated carbocycles. The molecule has 0 heterocycles. The summed E-state index contributed by atoms with van der Waals surface area (Å²) in [5.74, 6) is 0.183. The Morgan fingerprint density at radius 1 is 0.882 bits per heavy atom. The molecule has 0 aromatic heterocycles. The highest BCUT2D eigenvalue weighted by Crippen LogP contribution is 1.87. The Morgan fingerprint density at radius 2 is 1.41 bits per heavy atom. The minimum absolute atomic E-state index is 0.183. The zero-order valence-electron chi connectivity index (χ0n) is 11.2. The number of aliphatic imine (C=N–C) groups is 1. The van der Waals surface area contributed by atoms with E-state index in [9.17, 15) is 0 Å². The number of hydrogen-bond donors (Lipinski definition) is 4. The van der Waals surface area contributed by atoms with Crippen molar-refractivity contribution in [3.63, 3.8) is 0 Å². The monoisotopic (exact) mass is 243 g/mol. The van der Waals surface area contributed by atoms with Gasteiger partial charge in [-0.15, -0.1) is 0 Å². The van der Waals surface area contributed by atoms with Gasteiger partial charge in [-0.2, -0.15) is 0 Å². The molecule has 0 spiro atoms. The van der Waals surface area contributed by atoms with E-state index < -0.39 is 0 Å². The predicted molar refractivity (Wildman–Crippen MR) is 75.2 cm³/mol. The second-order valence-electron chi connectivity index (χ2n) is 4.22. The van der Waals surface area contributed by atoms with Gasteiger partial charge in [-0.05, 0) is 51.9 Å². The predicted octanol–water partition coefficient (Wildman–Crippen LogP) is 0.409. The first-order chi connectivity index (χ1) is 8.27. The van der Waals surface area contributed by atoms with E-state index in [1.165, 1.54) is 25.7 Å². The fourth-order valence-electron chi connectivity index (χ4n) is 1.46. The standard InChI is InChI=1S/C12H29N5/c1-2-3-7-15-8-4-5-9-16-10-6-11-17-12(13)14/h15-16H,2-11H2,1H3,(H4,13,14,17). The molecule has 5 heteroatoms. The Kier molecular flexibility index (Phi) is 12.6. The summed E-state index contributed by atoms with van der Waals surface area (Å²) in [6.07, 6.45) is 6.01. The molecular formula is C12H29N5. The van der Waals surface area contributed by atoms with Crippen LogP contribution in [0.25, 0.3) is 0 Å². The number of nitrogens with one attached hydrogen (secondary N) is 2. The number of hydrogen-bond acceptors (Lipinski definition) is 3. The van der Waals surface area contributed by atoms with Crippen molar-refractivity contribution in [3.05, 3.63) is 0 Å². The van der Waals surface area contributed by atoms with E-state index >= 15 is 0 Å². The molecule has 0 fully saturated rings. The molecule has 0 amide bonds. The summed E-state index contributed by atoms with van der Waals surface area (Å²) in [5.41, 5.74) is 10.4. The average molecular weight is 243 g/mol. The molecule has 0 aromatic carbocycles.